The molecule has 9 heteroatoms. The van der Waals surface area contributed by atoms with Crippen LogP contribution >= 0.6 is 12.4 Å². The summed E-state index contributed by atoms with van der Waals surface area (Å²) in [6, 6.07) is 15.0. The quantitative estimate of drug-likeness (QED) is 0.375. The third-order valence-corrected chi connectivity index (χ3v) is 4.44. The first-order valence-electron chi connectivity index (χ1n) is 10.2. The maximum Gasteiger partial charge on any atom is 0.316 e. The maximum absolute atomic E-state index is 12.0. The number of esters is 1. The van der Waals surface area contributed by atoms with E-state index in [0.717, 1.165) is 23.4 Å². The fourth-order valence-corrected chi connectivity index (χ4v) is 2.56. The zero-order valence-electron chi connectivity index (χ0n) is 19.1. The highest BCUT2D eigenvalue weighted by Gasteiger charge is 2.23. The predicted octanol–water partition coefficient (Wildman–Crippen LogP) is 3.70. The van der Waals surface area contributed by atoms with Crippen LogP contribution in [0.15, 0.2) is 48.5 Å². The fraction of sp³-hybridized carbons (Fsp3) is 0.391. The number of ether oxygens (including phenoxy) is 2. The molecule has 0 aliphatic carbocycles. The number of hydrogen-bond acceptors (Lipinski definition) is 7. The van der Waals surface area contributed by atoms with Gasteiger partial charge in [-0.25, -0.2) is 0 Å². The molecule has 3 aromatic rings. The minimum Gasteiger partial charge on any atom is -0.492 e. The zero-order chi connectivity index (χ0) is 22.4. The van der Waals surface area contributed by atoms with Gasteiger partial charge in [-0.3, -0.25) is 4.79 Å². The Bertz CT molecular complexity index is 996. The molecule has 172 valence electrons. The van der Waals surface area contributed by atoms with Crippen LogP contribution in [0.3, 0.4) is 0 Å². The lowest BCUT2D eigenvalue weighted by atomic mass is 9.97. The van der Waals surface area contributed by atoms with Gasteiger partial charge < -0.3 is 14.4 Å². The van der Waals surface area contributed by atoms with Crippen molar-refractivity contribution in [3.05, 3.63) is 54.1 Å². The molecule has 0 atom stereocenters. The summed E-state index contributed by atoms with van der Waals surface area (Å²) in [5, 5.41) is 12.7. The molecule has 0 saturated carbocycles. The molecule has 0 unspecified atom stereocenters. The number of nitrogens with zero attached hydrogens (tertiary/aromatic N) is 5. The smallest absolute Gasteiger partial charge is 0.316 e. The molecular formula is C23H30ClN5O3. The third kappa shape index (κ3) is 7.32. The molecule has 0 aliphatic rings. The van der Waals surface area contributed by atoms with Crippen LogP contribution in [-0.4, -0.2) is 58.3 Å². The normalized spacial score (nSPS) is 11.2. The molecule has 0 bridgehead atoms. The maximum atomic E-state index is 12.0. The molecule has 0 radical (unpaired) electrons. The van der Waals surface area contributed by atoms with Crippen molar-refractivity contribution in [2.75, 3.05) is 27.2 Å². The van der Waals surface area contributed by atoms with Crippen molar-refractivity contribution in [1.82, 2.24) is 25.1 Å². The van der Waals surface area contributed by atoms with Gasteiger partial charge in [0.25, 0.3) is 0 Å². The van der Waals surface area contributed by atoms with Crippen LogP contribution in [0.4, 0.5) is 0 Å². The molecule has 0 spiro atoms. The third-order valence-electron chi connectivity index (χ3n) is 4.44. The minimum absolute atomic E-state index is 0. The van der Waals surface area contributed by atoms with Gasteiger partial charge in [-0.05, 0) is 82.0 Å². The van der Waals surface area contributed by atoms with Gasteiger partial charge in [-0.1, -0.05) is 12.1 Å². The molecule has 0 fully saturated rings. The van der Waals surface area contributed by atoms with E-state index in [1.165, 1.54) is 0 Å². The van der Waals surface area contributed by atoms with Gasteiger partial charge >= 0.3 is 5.97 Å². The number of tetrazole rings is 1. The number of benzene rings is 2. The minimum atomic E-state index is -0.556. The highest BCUT2D eigenvalue weighted by Crippen LogP contribution is 2.22. The second-order valence-corrected chi connectivity index (χ2v) is 8.60. The standard InChI is InChI=1S/C23H29N5O3.ClH/c1-23(2,3)22(29)31-20-12-8-18(9-13-20)21-24-26-28(25-21)16-17-6-10-19(11-7-17)30-15-14-27(4)5;/h6-13H,14-16H2,1-5H3;1H. The molecule has 32 heavy (non-hydrogen) atoms. The Kier molecular flexibility index (Phi) is 8.74. The van der Waals surface area contributed by atoms with E-state index >= 15 is 0 Å². The van der Waals surface area contributed by atoms with Gasteiger partial charge in [0.1, 0.15) is 18.1 Å². The number of likely N-dealkylation sites (N-methyl/N-ethyl adjacent to an activating group) is 1. The van der Waals surface area contributed by atoms with E-state index < -0.39 is 5.41 Å². The molecule has 0 aliphatic heterocycles. The van der Waals surface area contributed by atoms with Crippen LogP contribution in [0.1, 0.15) is 26.3 Å². The lowest BCUT2D eigenvalue weighted by Crippen LogP contribution is -2.25. The number of carbonyl (C=O) groups is 1. The summed E-state index contributed by atoms with van der Waals surface area (Å²) in [5.41, 5.74) is 1.29. The summed E-state index contributed by atoms with van der Waals surface area (Å²) in [6.07, 6.45) is 0. The van der Waals surface area contributed by atoms with Gasteiger partial charge in [0.15, 0.2) is 0 Å². The highest BCUT2D eigenvalue weighted by atomic mass is 35.5. The summed E-state index contributed by atoms with van der Waals surface area (Å²) < 4.78 is 11.1. The predicted molar refractivity (Wildman–Crippen MR) is 125 cm³/mol. The summed E-state index contributed by atoms with van der Waals surface area (Å²) in [7, 11) is 4.03. The molecule has 0 saturated heterocycles. The van der Waals surface area contributed by atoms with E-state index in [-0.39, 0.29) is 18.4 Å². The van der Waals surface area contributed by atoms with Crippen molar-refractivity contribution < 1.29 is 14.3 Å². The van der Waals surface area contributed by atoms with E-state index in [0.29, 0.717) is 24.7 Å². The SMILES string of the molecule is CN(C)CCOc1ccc(Cn2nnc(-c3ccc(OC(=O)C(C)(C)C)cc3)n2)cc1.Cl. The number of aromatic nitrogens is 4. The van der Waals surface area contributed by atoms with Crippen molar-refractivity contribution in [2.24, 2.45) is 5.41 Å². The van der Waals surface area contributed by atoms with E-state index in [1.54, 1.807) is 16.9 Å². The Labute approximate surface area is 194 Å². The lowest BCUT2D eigenvalue weighted by molar-refractivity contribution is -0.142. The molecule has 0 N–H and O–H groups in total. The molecule has 8 nitrogen and oxygen atoms in total. The summed E-state index contributed by atoms with van der Waals surface area (Å²) in [6.45, 7) is 7.47. The van der Waals surface area contributed by atoms with Crippen molar-refractivity contribution in [3.8, 4) is 22.9 Å². The monoisotopic (exact) mass is 459 g/mol. The summed E-state index contributed by atoms with van der Waals surface area (Å²) >= 11 is 0. The number of halogens is 1. The molecule has 0 amide bonds. The van der Waals surface area contributed by atoms with Crippen molar-refractivity contribution in [2.45, 2.75) is 27.3 Å². The number of rotatable bonds is 8. The van der Waals surface area contributed by atoms with Gasteiger partial charge in [0, 0.05) is 12.1 Å². The van der Waals surface area contributed by atoms with E-state index in [2.05, 4.69) is 20.3 Å². The van der Waals surface area contributed by atoms with E-state index in [1.807, 2.05) is 71.3 Å². The van der Waals surface area contributed by atoms with Crippen LogP contribution in [0, 0.1) is 5.41 Å². The van der Waals surface area contributed by atoms with Gasteiger partial charge in [0.2, 0.25) is 5.82 Å². The molecule has 3 rings (SSSR count). The first-order valence-corrected chi connectivity index (χ1v) is 10.2. The van der Waals surface area contributed by atoms with Crippen LogP contribution < -0.4 is 9.47 Å². The van der Waals surface area contributed by atoms with Gasteiger partial charge in [0.05, 0.1) is 12.0 Å². The van der Waals surface area contributed by atoms with Crippen LogP contribution in [-0.2, 0) is 11.3 Å². The van der Waals surface area contributed by atoms with Crippen molar-refractivity contribution in [3.63, 3.8) is 0 Å². The zero-order valence-corrected chi connectivity index (χ0v) is 19.9. The number of carbonyl (C=O) groups excluding carboxylic acids is 1. The summed E-state index contributed by atoms with van der Waals surface area (Å²) in [4.78, 5) is 15.6. The summed E-state index contributed by atoms with van der Waals surface area (Å²) in [5.74, 6) is 1.56. The second kappa shape index (κ2) is 11.1. The van der Waals surface area contributed by atoms with Crippen molar-refractivity contribution >= 4 is 18.4 Å². The molecule has 1 aromatic heterocycles. The average molecular weight is 460 g/mol. The largest absolute Gasteiger partial charge is 0.492 e. The fourth-order valence-electron chi connectivity index (χ4n) is 2.56. The topological polar surface area (TPSA) is 82.4 Å². The van der Waals surface area contributed by atoms with Crippen LogP contribution in [0.5, 0.6) is 11.5 Å². The first-order chi connectivity index (χ1) is 14.7. The van der Waals surface area contributed by atoms with Gasteiger partial charge in [-0.2, -0.15) is 4.80 Å². The number of hydrogen-bond donors (Lipinski definition) is 0. The van der Waals surface area contributed by atoms with Crippen molar-refractivity contribution in [1.29, 1.82) is 0 Å². The Morgan fingerprint density at radius 3 is 2.22 bits per heavy atom. The van der Waals surface area contributed by atoms with Crippen LogP contribution in [0.25, 0.3) is 11.4 Å². The Balaban J connectivity index is 0.00000363. The van der Waals surface area contributed by atoms with E-state index in [4.69, 9.17) is 9.47 Å². The second-order valence-electron chi connectivity index (χ2n) is 8.60. The van der Waals surface area contributed by atoms with E-state index in [9.17, 15) is 4.79 Å². The average Bonchev–Trinajstić information content (AvgIpc) is 3.17. The molecule has 1 heterocycles. The lowest BCUT2D eigenvalue weighted by Gasteiger charge is -2.16. The Morgan fingerprint density at radius 1 is 1.00 bits per heavy atom. The van der Waals surface area contributed by atoms with Gasteiger partial charge in [-0.15, -0.1) is 22.6 Å². The Morgan fingerprint density at radius 2 is 1.62 bits per heavy atom. The highest BCUT2D eigenvalue weighted by molar-refractivity contribution is 5.85. The van der Waals surface area contributed by atoms with Crippen LogP contribution in [0.2, 0.25) is 0 Å². The Hall–Kier alpha value is -2.97. The molecular weight excluding hydrogens is 430 g/mol. The first kappa shape index (κ1) is 25.3. The molecule has 2 aromatic carbocycles.